The second-order valence-electron chi connectivity index (χ2n) is 7.14. The van der Waals surface area contributed by atoms with E-state index in [1.807, 2.05) is 25.1 Å². The molecule has 4 rings (SSSR count). The first-order valence-corrected chi connectivity index (χ1v) is 12.0. The molecule has 1 aliphatic heterocycles. The fourth-order valence-corrected chi connectivity index (χ4v) is 5.57. The minimum Gasteiger partial charge on any atom is -0.321 e. The molecule has 1 aromatic heterocycles. The van der Waals surface area contributed by atoms with E-state index >= 15 is 0 Å². The predicted octanol–water partition coefficient (Wildman–Crippen LogP) is 3.49. The first-order chi connectivity index (χ1) is 14.5. The van der Waals surface area contributed by atoms with Gasteiger partial charge >= 0.3 is 0 Å². The molecule has 1 N–H and O–H groups in total. The molecule has 0 unspecified atom stereocenters. The minimum absolute atomic E-state index is 0.238. The van der Waals surface area contributed by atoms with Crippen molar-refractivity contribution >= 4 is 33.2 Å². The topological polar surface area (TPSA) is 92.3 Å². The fraction of sp³-hybridized carbons (Fsp3) is 0.286. The van der Waals surface area contributed by atoms with Gasteiger partial charge in [0.05, 0.1) is 10.6 Å². The van der Waals surface area contributed by atoms with Gasteiger partial charge in [-0.05, 0) is 59.8 Å². The van der Waals surface area contributed by atoms with Gasteiger partial charge in [0.25, 0.3) is 5.91 Å². The number of rotatable bonds is 6. The summed E-state index contributed by atoms with van der Waals surface area (Å²) in [5.74, 6) is -0.238. The minimum atomic E-state index is -3.56. The first kappa shape index (κ1) is 20.6. The third-order valence-corrected chi connectivity index (χ3v) is 7.70. The number of hydrogen-bond acceptors (Lipinski definition) is 6. The molecule has 2 aromatic carbocycles. The Kier molecular flexibility index (Phi) is 5.94. The van der Waals surface area contributed by atoms with E-state index in [9.17, 15) is 13.2 Å². The molecule has 0 bridgehead atoms. The monoisotopic (exact) mass is 442 g/mol. The number of hydrogen-bond donors (Lipinski definition) is 1. The molecule has 156 valence electrons. The molecule has 0 atom stereocenters. The summed E-state index contributed by atoms with van der Waals surface area (Å²) in [7, 11) is -3.56. The van der Waals surface area contributed by atoms with E-state index in [4.69, 9.17) is 0 Å². The van der Waals surface area contributed by atoms with Gasteiger partial charge in [-0.3, -0.25) is 4.79 Å². The summed E-state index contributed by atoms with van der Waals surface area (Å²) in [6, 6.07) is 14.1. The van der Waals surface area contributed by atoms with Gasteiger partial charge < -0.3 is 5.32 Å². The molecule has 0 fully saturated rings. The van der Waals surface area contributed by atoms with Gasteiger partial charge in [-0.2, -0.15) is 4.31 Å². The van der Waals surface area contributed by atoms with Gasteiger partial charge in [0.15, 0.2) is 0 Å². The van der Waals surface area contributed by atoms with Gasteiger partial charge in [-0.15, -0.1) is 5.10 Å². The number of benzene rings is 2. The summed E-state index contributed by atoms with van der Waals surface area (Å²) in [6.07, 6.45) is 2.22. The van der Waals surface area contributed by atoms with Gasteiger partial charge in [-0.1, -0.05) is 42.1 Å². The highest BCUT2D eigenvalue weighted by Crippen LogP contribution is 2.27. The highest BCUT2D eigenvalue weighted by atomic mass is 32.2. The molecular formula is C21H22N4O3S2. The summed E-state index contributed by atoms with van der Waals surface area (Å²) < 4.78 is 31.3. The SMILES string of the molecule is CCCc1nnsc1C(=O)Nc1ccc2c(c1)CN(S(=O)(=O)c1ccccc1)CC2. The van der Waals surface area contributed by atoms with Crippen molar-refractivity contribution in [3.05, 3.63) is 70.2 Å². The third kappa shape index (κ3) is 4.14. The van der Waals surface area contributed by atoms with E-state index < -0.39 is 10.0 Å². The maximum absolute atomic E-state index is 13.0. The van der Waals surface area contributed by atoms with Crippen molar-refractivity contribution in [1.29, 1.82) is 0 Å². The molecule has 2 heterocycles. The van der Waals surface area contributed by atoms with E-state index in [-0.39, 0.29) is 12.5 Å². The van der Waals surface area contributed by atoms with Crippen LogP contribution in [0.15, 0.2) is 53.4 Å². The van der Waals surface area contributed by atoms with Crippen LogP contribution in [0.2, 0.25) is 0 Å². The Balaban J connectivity index is 1.53. The van der Waals surface area contributed by atoms with Crippen LogP contribution in [-0.4, -0.2) is 34.8 Å². The number of carbonyl (C=O) groups excluding carboxylic acids is 1. The number of nitrogens with zero attached hydrogens (tertiary/aromatic N) is 3. The lowest BCUT2D eigenvalue weighted by molar-refractivity contribution is 0.102. The Bertz CT molecular complexity index is 1160. The van der Waals surface area contributed by atoms with Gasteiger partial charge in [-0.25, -0.2) is 8.42 Å². The zero-order chi connectivity index (χ0) is 21.1. The molecule has 0 saturated heterocycles. The number of anilines is 1. The molecule has 0 saturated carbocycles. The lowest BCUT2D eigenvalue weighted by atomic mass is 10.0. The van der Waals surface area contributed by atoms with E-state index in [1.165, 1.54) is 4.31 Å². The van der Waals surface area contributed by atoms with E-state index in [2.05, 4.69) is 14.9 Å². The Hall–Kier alpha value is -2.62. The highest BCUT2D eigenvalue weighted by Gasteiger charge is 2.28. The Morgan fingerprint density at radius 2 is 1.97 bits per heavy atom. The molecule has 9 heteroatoms. The van der Waals surface area contributed by atoms with Crippen molar-refractivity contribution in [2.75, 3.05) is 11.9 Å². The van der Waals surface area contributed by atoms with Crippen LogP contribution >= 0.6 is 11.5 Å². The molecule has 0 radical (unpaired) electrons. The molecule has 1 amide bonds. The van der Waals surface area contributed by atoms with Crippen LogP contribution < -0.4 is 5.32 Å². The number of nitrogens with one attached hydrogen (secondary N) is 1. The highest BCUT2D eigenvalue weighted by molar-refractivity contribution is 7.89. The van der Waals surface area contributed by atoms with Gasteiger partial charge in [0.1, 0.15) is 4.88 Å². The second kappa shape index (κ2) is 8.63. The lowest BCUT2D eigenvalue weighted by Crippen LogP contribution is -2.36. The first-order valence-electron chi connectivity index (χ1n) is 9.78. The molecule has 0 aliphatic carbocycles. The largest absolute Gasteiger partial charge is 0.321 e. The summed E-state index contributed by atoms with van der Waals surface area (Å²) in [5.41, 5.74) is 3.33. The molecule has 1 aliphatic rings. The van der Waals surface area contributed by atoms with Crippen LogP contribution in [0.5, 0.6) is 0 Å². The number of amides is 1. The molecule has 0 spiro atoms. The van der Waals surface area contributed by atoms with Crippen molar-refractivity contribution in [2.45, 2.75) is 37.6 Å². The summed E-state index contributed by atoms with van der Waals surface area (Å²) >= 11 is 1.09. The van der Waals surface area contributed by atoms with Crippen LogP contribution in [0.1, 0.15) is 39.8 Å². The lowest BCUT2D eigenvalue weighted by Gasteiger charge is -2.28. The van der Waals surface area contributed by atoms with Crippen LogP contribution in [0.4, 0.5) is 5.69 Å². The van der Waals surface area contributed by atoms with E-state index in [0.29, 0.717) is 40.5 Å². The number of fused-ring (bicyclic) bond motifs is 1. The quantitative estimate of drug-likeness (QED) is 0.631. The Morgan fingerprint density at radius 1 is 1.17 bits per heavy atom. The predicted molar refractivity (Wildman–Crippen MR) is 116 cm³/mol. The van der Waals surface area contributed by atoms with Crippen LogP contribution in [0, 0.1) is 0 Å². The standard InChI is InChI=1S/C21H22N4O3S2/c1-2-6-19-20(29-24-23-19)21(26)22-17-10-9-15-11-12-25(14-16(15)13-17)30(27,28)18-7-4-3-5-8-18/h3-5,7-10,13H,2,6,11-12,14H2,1H3,(H,22,26). The Labute approximate surface area is 180 Å². The maximum atomic E-state index is 13.0. The van der Waals surface area contributed by atoms with Gasteiger partial charge in [0, 0.05) is 18.8 Å². The van der Waals surface area contributed by atoms with Crippen molar-refractivity contribution in [1.82, 2.24) is 13.9 Å². The van der Waals surface area contributed by atoms with Crippen molar-refractivity contribution in [2.24, 2.45) is 0 Å². The normalized spacial score (nSPS) is 14.3. The van der Waals surface area contributed by atoms with Crippen molar-refractivity contribution in [3.8, 4) is 0 Å². The van der Waals surface area contributed by atoms with Crippen molar-refractivity contribution < 1.29 is 13.2 Å². The number of sulfonamides is 1. The van der Waals surface area contributed by atoms with Gasteiger partial charge in [0.2, 0.25) is 10.0 Å². The third-order valence-electron chi connectivity index (χ3n) is 5.07. The smallest absolute Gasteiger partial charge is 0.269 e. The summed E-state index contributed by atoms with van der Waals surface area (Å²) in [6.45, 7) is 2.74. The Morgan fingerprint density at radius 3 is 2.73 bits per heavy atom. The molecular weight excluding hydrogens is 420 g/mol. The van der Waals surface area contributed by atoms with Crippen LogP contribution in [-0.2, 0) is 29.4 Å². The number of carbonyl (C=O) groups is 1. The van der Waals surface area contributed by atoms with Crippen LogP contribution in [0.25, 0.3) is 0 Å². The van der Waals surface area contributed by atoms with E-state index in [0.717, 1.165) is 29.1 Å². The average molecular weight is 443 g/mol. The molecule has 7 nitrogen and oxygen atoms in total. The average Bonchev–Trinajstić information content (AvgIpc) is 3.22. The number of aryl methyl sites for hydroxylation is 1. The zero-order valence-corrected chi connectivity index (χ0v) is 18.2. The van der Waals surface area contributed by atoms with Crippen LogP contribution in [0.3, 0.4) is 0 Å². The maximum Gasteiger partial charge on any atom is 0.269 e. The number of aromatic nitrogens is 2. The van der Waals surface area contributed by atoms with E-state index in [1.54, 1.807) is 30.3 Å². The summed E-state index contributed by atoms with van der Waals surface area (Å²) in [5, 5.41) is 6.94. The molecule has 30 heavy (non-hydrogen) atoms. The second-order valence-corrected chi connectivity index (χ2v) is 9.83. The fourth-order valence-electron chi connectivity index (χ4n) is 3.52. The zero-order valence-electron chi connectivity index (χ0n) is 16.5. The molecule has 3 aromatic rings. The van der Waals surface area contributed by atoms with Crippen molar-refractivity contribution in [3.63, 3.8) is 0 Å². The summed E-state index contributed by atoms with van der Waals surface area (Å²) in [4.78, 5) is 13.5.